The Morgan fingerprint density at radius 3 is 2.34 bits per heavy atom. The molecule has 5 nitrogen and oxygen atoms in total. The molecule has 0 bridgehead atoms. The van der Waals surface area contributed by atoms with Gasteiger partial charge in [0.15, 0.2) is 0 Å². The summed E-state index contributed by atoms with van der Waals surface area (Å²) in [7, 11) is 0. The van der Waals surface area contributed by atoms with Crippen molar-refractivity contribution < 1.29 is 23.5 Å². The van der Waals surface area contributed by atoms with Crippen LogP contribution < -0.4 is 5.32 Å². The SMILES string of the molecule is C[C@H](NC(=O)c1ccccc1C(=O)O)c1cc2ccc(F)cc2nc1-c1cccc(F)c1. The zero-order valence-corrected chi connectivity index (χ0v) is 17.0. The zero-order valence-electron chi connectivity index (χ0n) is 17.0. The van der Waals surface area contributed by atoms with Crippen molar-refractivity contribution in [2.75, 3.05) is 0 Å². The van der Waals surface area contributed by atoms with E-state index in [9.17, 15) is 23.5 Å². The van der Waals surface area contributed by atoms with Gasteiger partial charge in [-0.25, -0.2) is 18.6 Å². The quantitative estimate of drug-likeness (QED) is 0.444. The molecule has 0 spiro atoms. The largest absolute Gasteiger partial charge is 0.478 e. The van der Waals surface area contributed by atoms with Crippen LogP contribution in [0.25, 0.3) is 22.2 Å². The molecule has 1 heterocycles. The monoisotopic (exact) mass is 432 g/mol. The summed E-state index contributed by atoms with van der Waals surface area (Å²) in [6.45, 7) is 1.72. The number of amides is 1. The van der Waals surface area contributed by atoms with Gasteiger partial charge in [0.05, 0.1) is 28.4 Å². The number of benzene rings is 3. The molecular weight excluding hydrogens is 414 g/mol. The normalized spacial score (nSPS) is 11.8. The van der Waals surface area contributed by atoms with Gasteiger partial charge in [0.25, 0.3) is 5.91 Å². The van der Waals surface area contributed by atoms with Crippen LogP contribution >= 0.6 is 0 Å². The highest BCUT2D eigenvalue weighted by Gasteiger charge is 2.21. The molecule has 0 radical (unpaired) electrons. The average Bonchev–Trinajstić information content (AvgIpc) is 2.78. The summed E-state index contributed by atoms with van der Waals surface area (Å²) in [4.78, 5) is 28.9. The third-order valence-corrected chi connectivity index (χ3v) is 5.12. The van der Waals surface area contributed by atoms with Gasteiger partial charge in [-0.3, -0.25) is 4.79 Å². The van der Waals surface area contributed by atoms with Crippen LogP contribution in [0.2, 0.25) is 0 Å². The summed E-state index contributed by atoms with van der Waals surface area (Å²) in [6.07, 6.45) is 0. The van der Waals surface area contributed by atoms with Crippen LogP contribution in [-0.4, -0.2) is 22.0 Å². The van der Waals surface area contributed by atoms with E-state index < -0.39 is 29.6 Å². The fourth-order valence-electron chi connectivity index (χ4n) is 3.57. The van der Waals surface area contributed by atoms with Gasteiger partial charge in [-0.15, -0.1) is 0 Å². The Bertz CT molecular complexity index is 1350. The van der Waals surface area contributed by atoms with Crippen LogP contribution in [0.4, 0.5) is 8.78 Å². The smallest absolute Gasteiger partial charge is 0.336 e. The number of carbonyl (C=O) groups excluding carboxylic acids is 1. The second-order valence-corrected chi connectivity index (χ2v) is 7.32. The summed E-state index contributed by atoms with van der Waals surface area (Å²) in [5.74, 6) is -2.69. The Kier molecular flexibility index (Phi) is 5.64. The molecule has 1 aromatic heterocycles. The first-order chi connectivity index (χ1) is 15.3. The molecule has 32 heavy (non-hydrogen) atoms. The Labute approximate surface area is 182 Å². The van der Waals surface area contributed by atoms with E-state index in [1.165, 1.54) is 48.5 Å². The minimum Gasteiger partial charge on any atom is -0.478 e. The van der Waals surface area contributed by atoms with Crippen molar-refractivity contribution in [3.63, 3.8) is 0 Å². The second-order valence-electron chi connectivity index (χ2n) is 7.32. The minimum absolute atomic E-state index is 0.0231. The third kappa shape index (κ3) is 4.18. The lowest BCUT2D eigenvalue weighted by atomic mass is 9.97. The molecule has 0 saturated carbocycles. The van der Waals surface area contributed by atoms with Crippen molar-refractivity contribution in [3.8, 4) is 11.3 Å². The Morgan fingerprint density at radius 2 is 1.62 bits per heavy atom. The summed E-state index contributed by atoms with van der Waals surface area (Å²) < 4.78 is 27.7. The van der Waals surface area contributed by atoms with Crippen molar-refractivity contribution in [1.29, 1.82) is 0 Å². The maximum absolute atomic E-state index is 13.9. The van der Waals surface area contributed by atoms with Gasteiger partial charge < -0.3 is 10.4 Å². The average molecular weight is 432 g/mol. The van der Waals surface area contributed by atoms with Gasteiger partial charge in [-0.2, -0.15) is 0 Å². The summed E-state index contributed by atoms with van der Waals surface area (Å²) >= 11 is 0. The first kappa shape index (κ1) is 21.1. The van der Waals surface area contributed by atoms with Crippen LogP contribution in [0, 0.1) is 11.6 Å². The van der Waals surface area contributed by atoms with Gasteiger partial charge in [0.1, 0.15) is 11.6 Å². The molecule has 0 fully saturated rings. The molecule has 0 aliphatic rings. The van der Waals surface area contributed by atoms with E-state index in [1.807, 2.05) is 0 Å². The number of halogens is 2. The van der Waals surface area contributed by atoms with E-state index in [0.29, 0.717) is 27.7 Å². The molecule has 7 heteroatoms. The van der Waals surface area contributed by atoms with Gasteiger partial charge in [-0.1, -0.05) is 24.3 Å². The number of nitrogens with one attached hydrogen (secondary N) is 1. The molecule has 1 atom stereocenters. The molecule has 0 aliphatic heterocycles. The van der Waals surface area contributed by atoms with Gasteiger partial charge in [0, 0.05) is 22.6 Å². The number of nitrogens with zero attached hydrogens (tertiary/aromatic N) is 1. The maximum atomic E-state index is 13.9. The van der Waals surface area contributed by atoms with Gasteiger partial charge >= 0.3 is 5.97 Å². The van der Waals surface area contributed by atoms with E-state index in [-0.39, 0.29) is 11.1 Å². The van der Waals surface area contributed by atoms with E-state index in [4.69, 9.17) is 0 Å². The third-order valence-electron chi connectivity index (χ3n) is 5.12. The zero-order chi connectivity index (χ0) is 22.8. The van der Waals surface area contributed by atoms with Gasteiger partial charge in [0.2, 0.25) is 0 Å². The predicted octanol–water partition coefficient (Wildman–Crippen LogP) is 5.37. The van der Waals surface area contributed by atoms with E-state index >= 15 is 0 Å². The Hall–Kier alpha value is -4.13. The number of hydrogen-bond donors (Lipinski definition) is 2. The van der Waals surface area contributed by atoms with Crippen LogP contribution in [0.3, 0.4) is 0 Å². The highest BCUT2D eigenvalue weighted by atomic mass is 19.1. The second kappa shape index (κ2) is 8.55. The summed E-state index contributed by atoms with van der Waals surface area (Å²) in [5.41, 5.74) is 1.74. The van der Waals surface area contributed by atoms with Gasteiger partial charge in [-0.05, 0) is 49.4 Å². The van der Waals surface area contributed by atoms with Crippen LogP contribution in [0.1, 0.15) is 39.2 Å². The first-order valence-corrected chi connectivity index (χ1v) is 9.83. The number of fused-ring (bicyclic) bond motifs is 1. The lowest BCUT2D eigenvalue weighted by Crippen LogP contribution is -2.28. The lowest BCUT2D eigenvalue weighted by Gasteiger charge is -2.19. The number of carbonyl (C=O) groups is 2. The lowest BCUT2D eigenvalue weighted by molar-refractivity contribution is 0.0690. The highest BCUT2D eigenvalue weighted by molar-refractivity contribution is 6.05. The Balaban J connectivity index is 1.79. The van der Waals surface area contributed by atoms with E-state index in [2.05, 4.69) is 10.3 Å². The van der Waals surface area contributed by atoms with Crippen LogP contribution in [0.5, 0.6) is 0 Å². The van der Waals surface area contributed by atoms with Crippen molar-refractivity contribution in [3.05, 3.63) is 101 Å². The molecule has 4 aromatic rings. The molecule has 3 aromatic carbocycles. The molecule has 160 valence electrons. The molecule has 0 aliphatic carbocycles. The number of rotatable bonds is 5. The summed E-state index contributed by atoms with van der Waals surface area (Å²) in [6, 6.07) is 17.1. The van der Waals surface area contributed by atoms with E-state index in [0.717, 1.165) is 0 Å². The molecular formula is C25H18F2N2O3. The highest BCUT2D eigenvalue weighted by Crippen LogP contribution is 2.31. The number of carboxylic acid groups (broad SMARTS) is 1. The fourth-order valence-corrected chi connectivity index (χ4v) is 3.57. The number of aromatic nitrogens is 1. The summed E-state index contributed by atoms with van der Waals surface area (Å²) in [5, 5.41) is 12.8. The molecule has 1 amide bonds. The van der Waals surface area contributed by atoms with Crippen LogP contribution in [-0.2, 0) is 0 Å². The predicted molar refractivity (Wildman–Crippen MR) is 116 cm³/mol. The minimum atomic E-state index is -1.21. The molecule has 4 rings (SSSR count). The molecule has 0 saturated heterocycles. The maximum Gasteiger partial charge on any atom is 0.336 e. The van der Waals surface area contributed by atoms with Crippen molar-refractivity contribution in [2.24, 2.45) is 0 Å². The van der Waals surface area contributed by atoms with Crippen molar-refractivity contribution in [2.45, 2.75) is 13.0 Å². The number of hydrogen-bond acceptors (Lipinski definition) is 3. The molecule has 2 N–H and O–H groups in total. The van der Waals surface area contributed by atoms with Crippen molar-refractivity contribution >= 4 is 22.8 Å². The standard InChI is InChI=1S/C25H18F2N2O3/c1-14(28-24(30)19-7-2-3-8-20(19)25(31)32)21-12-15-9-10-18(27)13-22(15)29-23(21)16-5-4-6-17(26)11-16/h2-14H,1H3,(H,28,30)(H,31,32)/t14-/m0/s1. The van der Waals surface area contributed by atoms with Crippen molar-refractivity contribution in [1.82, 2.24) is 10.3 Å². The first-order valence-electron chi connectivity index (χ1n) is 9.83. The molecule has 0 unspecified atom stereocenters. The topological polar surface area (TPSA) is 79.3 Å². The number of carboxylic acids is 1. The Morgan fingerprint density at radius 1 is 0.906 bits per heavy atom. The number of aromatic carboxylic acids is 1. The van der Waals surface area contributed by atoms with E-state index in [1.54, 1.807) is 31.2 Å². The van der Waals surface area contributed by atoms with Crippen LogP contribution in [0.15, 0.2) is 72.8 Å². The number of pyridine rings is 1. The fraction of sp³-hybridized carbons (Fsp3) is 0.0800.